The summed E-state index contributed by atoms with van der Waals surface area (Å²) in [7, 11) is 0. The summed E-state index contributed by atoms with van der Waals surface area (Å²) in [5.41, 5.74) is 4.21. The predicted octanol–water partition coefficient (Wildman–Crippen LogP) is 5.17. The smallest absolute Gasteiger partial charge is 0.0102 e. The predicted molar refractivity (Wildman–Crippen MR) is 80.3 cm³/mol. The molecule has 0 unspecified atom stereocenters. The Labute approximate surface area is 108 Å². The summed E-state index contributed by atoms with van der Waals surface area (Å²) in [4.78, 5) is 0. The summed E-state index contributed by atoms with van der Waals surface area (Å²) in [5.74, 6) is 0. The second kappa shape index (κ2) is 4.13. The van der Waals surface area contributed by atoms with Crippen LogP contribution in [0.25, 0.3) is 21.5 Å². The van der Waals surface area contributed by atoms with Crippen molar-refractivity contribution >= 4 is 21.5 Å². The van der Waals surface area contributed by atoms with Crippen LogP contribution in [0.1, 0.15) is 23.6 Å². The highest BCUT2D eigenvalue weighted by Crippen LogP contribution is 2.30. The highest BCUT2D eigenvalue weighted by Gasteiger charge is 2.06. The van der Waals surface area contributed by atoms with Crippen molar-refractivity contribution in [3.05, 3.63) is 59.2 Å². The Kier molecular flexibility index (Phi) is 2.59. The van der Waals surface area contributed by atoms with E-state index < -0.39 is 0 Å². The highest BCUT2D eigenvalue weighted by molar-refractivity contribution is 6.08. The summed E-state index contributed by atoms with van der Waals surface area (Å²) in [6, 6.07) is 15.7. The average Bonchev–Trinajstić information content (AvgIpc) is 2.38. The molecular formula is C18H18. The van der Waals surface area contributed by atoms with Crippen LogP contribution in [0.2, 0.25) is 0 Å². The van der Waals surface area contributed by atoms with E-state index in [2.05, 4.69) is 63.2 Å². The fourth-order valence-corrected chi connectivity index (χ4v) is 2.89. The van der Waals surface area contributed by atoms with Gasteiger partial charge in [0.15, 0.2) is 0 Å². The molecule has 0 spiro atoms. The Bertz CT molecular complexity index is 736. The van der Waals surface area contributed by atoms with Gasteiger partial charge in [-0.15, -0.1) is 0 Å². The van der Waals surface area contributed by atoms with Crippen LogP contribution in [0, 0.1) is 13.8 Å². The molecule has 0 fully saturated rings. The molecule has 0 bridgehead atoms. The molecule has 0 radical (unpaired) electrons. The first-order chi connectivity index (χ1) is 8.70. The molecule has 0 aliphatic rings. The minimum absolute atomic E-state index is 1.10. The molecule has 0 aliphatic carbocycles. The van der Waals surface area contributed by atoms with Gasteiger partial charge in [0.05, 0.1) is 0 Å². The van der Waals surface area contributed by atoms with Crippen molar-refractivity contribution in [3.63, 3.8) is 0 Å². The molecule has 0 saturated heterocycles. The van der Waals surface area contributed by atoms with Gasteiger partial charge in [0.25, 0.3) is 0 Å². The number of hydrogen-bond acceptors (Lipinski definition) is 0. The Morgan fingerprint density at radius 1 is 0.778 bits per heavy atom. The third-order valence-electron chi connectivity index (χ3n) is 3.87. The zero-order valence-electron chi connectivity index (χ0n) is 11.2. The lowest BCUT2D eigenvalue weighted by molar-refractivity contribution is 1.13. The van der Waals surface area contributed by atoms with Crippen molar-refractivity contribution in [1.29, 1.82) is 0 Å². The monoisotopic (exact) mass is 234 g/mol. The Balaban J connectivity index is 2.51. The van der Waals surface area contributed by atoms with E-state index in [-0.39, 0.29) is 0 Å². The Morgan fingerprint density at radius 3 is 2.28 bits per heavy atom. The quantitative estimate of drug-likeness (QED) is 0.509. The van der Waals surface area contributed by atoms with E-state index >= 15 is 0 Å². The van der Waals surface area contributed by atoms with Crippen molar-refractivity contribution in [2.24, 2.45) is 0 Å². The third kappa shape index (κ3) is 1.60. The standard InChI is InChI=1S/C18H18/c1-4-15-13(3)6-9-17-16(15)10-8-14-7-5-12(2)11-18(14)17/h5-11H,4H2,1-3H3. The first-order valence-corrected chi connectivity index (χ1v) is 6.62. The topological polar surface area (TPSA) is 0 Å². The van der Waals surface area contributed by atoms with Gasteiger partial charge in [-0.05, 0) is 52.9 Å². The Morgan fingerprint density at radius 2 is 1.50 bits per heavy atom. The summed E-state index contributed by atoms with van der Waals surface area (Å²) >= 11 is 0. The molecule has 3 rings (SSSR count). The van der Waals surface area contributed by atoms with Crippen LogP contribution >= 0.6 is 0 Å². The summed E-state index contributed by atoms with van der Waals surface area (Å²) in [6.07, 6.45) is 1.10. The summed E-state index contributed by atoms with van der Waals surface area (Å²) in [6.45, 7) is 6.61. The van der Waals surface area contributed by atoms with Crippen molar-refractivity contribution in [2.75, 3.05) is 0 Å². The van der Waals surface area contributed by atoms with Crippen LogP contribution < -0.4 is 0 Å². The molecule has 0 nitrogen and oxygen atoms in total. The second-order valence-corrected chi connectivity index (χ2v) is 5.10. The van der Waals surface area contributed by atoms with Crippen LogP contribution in [0.5, 0.6) is 0 Å². The maximum absolute atomic E-state index is 2.30. The summed E-state index contributed by atoms with van der Waals surface area (Å²) < 4.78 is 0. The zero-order valence-corrected chi connectivity index (χ0v) is 11.2. The van der Waals surface area contributed by atoms with E-state index in [1.165, 1.54) is 38.2 Å². The van der Waals surface area contributed by atoms with Gasteiger partial charge in [-0.1, -0.05) is 55.0 Å². The SMILES string of the molecule is CCc1c(C)ccc2c1ccc1ccc(C)cc12. The molecule has 0 heterocycles. The van der Waals surface area contributed by atoms with Gasteiger partial charge < -0.3 is 0 Å². The third-order valence-corrected chi connectivity index (χ3v) is 3.87. The lowest BCUT2D eigenvalue weighted by atomic mass is 9.93. The molecule has 18 heavy (non-hydrogen) atoms. The normalized spacial score (nSPS) is 11.3. The maximum atomic E-state index is 2.30. The van der Waals surface area contributed by atoms with E-state index in [1.807, 2.05) is 0 Å². The van der Waals surface area contributed by atoms with Crippen molar-refractivity contribution in [3.8, 4) is 0 Å². The number of benzene rings is 3. The van der Waals surface area contributed by atoms with Crippen LogP contribution in [-0.2, 0) is 6.42 Å². The van der Waals surface area contributed by atoms with E-state index in [4.69, 9.17) is 0 Å². The van der Waals surface area contributed by atoms with Gasteiger partial charge in [0.2, 0.25) is 0 Å². The van der Waals surface area contributed by atoms with Gasteiger partial charge >= 0.3 is 0 Å². The van der Waals surface area contributed by atoms with Gasteiger partial charge in [-0.25, -0.2) is 0 Å². The molecular weight excluding hydrogens is 216 g/mol. The van der Waals surface area contributed by atoms with Crippen molar-refractivity contribution in [1.82, 2.24) is 0 Å². The molecule has 0 heteroatoms. The minimum Gasteiger partial charge on any atom is -0.0613 e. The van der Waals surface area contributed by atoms with E-state index in [1.54, 1.807) is 0 Å². The molecule has 3 aromatic carbocycles. The molecule has 0 amide bonds. The number of hydrogen-bond donors (Lipinski definition) is 0. The van der Waals surface area contributed by atoms with Crippen LogP contribution in [0.15, 0.2) is 42.5 Å². The van der Waals surface area contributed by atoms with Crippen LogP contribution in [0.4, 0.5) is 0 Å². The molecule has 0 saturated carbocycles. The van der Waals surface area contributed by atoms with E-state index in [0.717, 1.165) is 6.42 Å². The first kappa shape index (κ1) is 11.3. The Hall–Kier alpha value is -1.82. The number of aryl methyl sites for hydroxylation is 3. The molecule has 90 valence electrons. The fraction of sp³-hybridized carbons (Fsp3) is 0.222. The first-order valence-electron chi connectivity index (χ1n) is 6.62. The highest BCUT2D eigenvalue weighted by atomic mass is 14.1. The van der Waals surface area contributed by atoms with Crippen LogP contribution in [0.3, 0.4) is 0 Å². The van der Waals surface area contributed by atoms with Gasteiger partial charge in [-0.2, -0.15) is 0 Å². The zero-order chi connectivity index (χ0) is 12.7. The molecule has 0 aromatic heterocycles. The average molecular weight is 234 g/mol. The summed E-state index contributed by atoms with van der Waals surface area (Å²) in [5, 5.41) is 5.51. The molecule has 0 atom stereocenters. The second-order valence-electron chi connectivity index (χ2n) is 5.10. The van der Waals surface area contributed by atoms with Crippen LogP contribution in [-0.4, -0.2) is 0 Å². The lowest BCUT2D eigenvalue weighted by Gasteiger charge is -2.11. The fourth-order valence-electron chi connectivity index (χ4n) is 2.89. The molecule has 0 N–H and O–H groups in total. The van der Waals surface area contributed by atoms with Gasteiger partial charge in [0.1, 0.15) is 0 Å². The number of fused-ring (bicyclic) bond motifs is 3. The molecule has 0 aliphatic heterocycles. The van der Waals surface area contributed by atoms with Gasteiger partial charge in [-0.3, -0.25) is 0 Å². The molecule has 3 aromatic rings. The maximum Gasteiger partial charge on any atom is -0.0102 e. The van der Waals surface area contributed by atoms with Crippen molar-refractivity contribution in [2.45, 2.75) is 27.2 Å². The van der Waals surface area contributed by atoms with E-state index in [0.29, 0.717) is 0 Å². The minimum atomic E-state index is 1.10. The van der Waals surface area contributed by atoms with Crippen molar-refractivity contribution < 1.29 is 0 Å². The van der Waals surface area contributed by atoms with Gasteiger partial charge in [0, 0.05) is 0 Å². The van der Waals surface area contributed by atoms with E-state index in [9.17, 15) is 0 Å². The lowest BCUT2D eigenvalue weighted by Crippen LogP contribution is -1.89. The largest absolute Gasteiger partial charge is 0.0613 e. The number of rotatable bonds is 1.